The number of amides is 1. The van der Waals surface area contributed by atoms with Gasteiger partial charge in [0.15, 0.2) is 0 Å². The summed E-state index contributed by atoms with van der Waals surface area (Å²) in [5, 5.41) is 3.09. The van der Waals surface area contributed by atoms with E-state index in [1.54, 1.807) is 6.92 Å². The van der Waals surface area contributed by atoms with Crippen molar-refractivity contribution in [1.82, 2.24) is 9.80 Å². The van der Waals surface area contributed by atoms with Crippen molar-refractivity contribution in [2.75, 3.05) is 31.5 Å². The van der Waals surface area contributed by atoms with E-state index in [4.69, 9.17) is 11.6 Å². The molecule has 0 radical (unpaired) electrons. The number of nitrogens with one attached hydrogen (secondary N) is 1. The van der Waals surface area contributed by atoms with E-state index in [9.17, 15) is 13.6 Å². The van der Waals surface area contributed by atoms with Crippen LogP contribution in [0, 0.1) is 11.6 Å². The first-order chi connectivity index (χ1) is 12.9. The van der Waals surface area contributed by atoms with Crippen molar-refractivity contribution in [3.63, 3.8) is 0 Å². The van der Waals surface area contributed by atoms with Crippen molar-refractivity contribution >= 4 is 23.2 Å². The second-order valence-electron chi connectivity index (χ2n) is 6.70. The maximum absolute atomic E-state index is 13.7. The monoisotopic (exact) mass is 393 g/mol. The molecule has 1 heterocycles. The Morgan fingerprint density at radius 2 is 1.67 bits per heavy atom. The molecule has 0 saturated carbocycles. The van der Waals surface area contributed by atoms with Gasteiger partial charge in [-0.25, -0.2) is 8.78 Å². The van der Waals surface area contributed by atoms with E-state index in [1.807, 2.05) is 29.2 Å². The van der Waals surface area contributed by atoms with Crippen LogP contribution in [-0.2, 0) is 11.3 Å². The van der Waals surface area contributed by atoms with Gasteiger partial charge in [0.1, 0.15) is 17.3 Å². The Bertz CT molecular complexity index is 772. The maximum atomic E-state index is 13.7. The normalized spacial score (nSPS) is 16.9. The van der Waals surface area contributed by atoms with Crippen LogP contribution < -0.4 is 5.32 Å². The van der Waals surface area contributed by atoms with Crippen LogP contribution >= 0.6 is 11.6 Å². The summed E-state index contributed by atoms with van der Waals surface area (Å²) < 4.78 is 27.4. The highest BCUT2D eigenvalue weighted by atomic mass is 35.5. The number of para-hydroxylation sites is 1. The third kappa shape index (κ3) is 5.03. The minimum absolute atomic E-state index is 0.393. The van der Waals surface area contributed by atoms with Gasteiger partial charge in [0.2, 0.25) is 5.91 Å². The number of nitrogens with zero attached hydrogens (tertiary/aromatic N) is 2. The van der Waals surface area contributed by atoms with E-state index in [1.165, 1.54) is 11.6 Å². The number of piperazine rings is 1. The summed E-state index contributed by atoms with van der Waals surface area (Å²) in [6.45, 7) is 5.63. The van der Waals surface area contributed by atoms with Crippen LogP contribution in [0.25, 0.3) is 0 Å². The number of anilines is 1. The largest absolute Gasteiger partial charge is 0.320 e. The van der Waals surface area contributed by atoms with Crippen molar-refractivity contribution in [3.05, 3.63) is 64.7 Å². The molecular weight excluding hydrogens is 372 g/mol. The van der Waals surface area contributed by atoms with Crippen molar-refractivity contribution < 1.29 is 13.6 Å². The van der Waals surface area contributed by atoms with Gasteiger partial charge in [-0.05, 0) is 36.8 Å². The zero-order valence-electron chi connectivity index (χ0n) is 15.1. The second-order valence-corrected chi connectivity index (χ2v) is 7.14. The molecule has 1 N–H and O–H groups in total. The zero-order chi connectivity index (χ0) is 19.4. The van der Waals surface area contributed by atoms with Crippen LogP contribution in [0.3, 0.4) is 0 Å². The number of carbonyl (C=O) groups excluding carboxylic acids is 1. The summed E-state index contributed by atoms with van der Waals surface area (Å²) >= 11 is 5.91. The van der Waals surface area contributed by atoms with E-state index >= 15 is 0 Å². The smallest absolute Gasteiger partial charge is 0.241 e. The van der Waals surface area contributed by atoms with Crippen LogP contribution in [0.4, 0.5) is 14.5 Å². The molecule has 144 valence electrons. The van der Waals surface area contributed by atoms with Crippen LogP contribution in [0.1, 0.15) is 12.5 Å². The molecule has 1 atom stereocenters. The fraction of sp³-hybridized carbons (Fsp3) is 0.350. The van der Waals surface area contributed by atoms with Gasteiger partial charge in [-0.15, -0.1) is 0 Å². The average molecular weight is 394 g/mol. The molecule has 4 nitrogen and oxygen atoms in total. The lowest BCUT2D eigenvalue weighted by atomic mass is 10.1. The quantitative estimate of drug-likeness (QED) is 0.840. The van der Waals surface area contributed by atoms with Gasteiger partial charge in [0.25, 0.3) is 0 Å². The highest BCUT2D eigenvalue weighted by molar-refractivity contribution is 6.30. The Balaban J connectivity index is 1.52. The summed E-state index contributed by atoms with van der Waals surface area (Å²) in [5.74, 6) is -1.96. The molecule has 0 aromatic heterocycles. The number of rotatable bonds is 5. The predicted molar refractivity (Wildman–Crippen MR) is 103 cm³/mol. The third-order valence-corrected chi connectivity index (χ3v) is 5.12. The first kappa shape index (κ1) is 19.7. The van der Waals surface area contributed by atoms with E-state index in [2.05, 4.69) is 10.2 Å². The molecule has 1 aliphatic rings. The molecule has 0 bridgehead atoms. The number of halogens is 3. The molecule has 7 heteroatoms. The molecule has 0 spiro atoms. The Morgan fingerprint density at radius 3 is 2.26 bits per heavy atom. The first-order valence-corrected chi connectivity index (χ1v) is 9.27. The minimum Gasteiger partial charge on any atom is -0.320 e. The SMILES string of the molecule is CC(C(=O)Nc1c(F)cccc1F)N1CCN(Cc2ccc(Cl)cc2)CC1. The van der Waals surface area contributed by atoms with Crippen LogP contribution in [-0.4, -0.2) is 47.9 Å². The lowest BCUT2D eigenvalue weighted by Crippen LogP contribution is -2.52. The Morgan fingerprint density at radius 1 is 1.07 bits per heavy atom. The number of benzene rings is 2. The Hall–Kier alpha value is -2.02. The summed E-state index contributed by atoms with van der Waals surface area (Å²) in [5.41, 5.74) is 0.796. The molecule has 0 aliphatic carbocycles. The lowest BCUT2D eigenvalue weighted by molar-refractivity contribution is -0.121. The lowest BCUT2D eigenvalue weighted by Gasteiger charge is -2.37. The van der Waals surface area contributed by atoms with E-state index in [-0.39, 0.29) is 0 Å². The molecule has 2 aromatic rings. The van der Waals surface area contributed by atoms with Gasteiger partial charge in [0.05, 0.1) is 6.04 Å². The summed E-state index contributed by atoms with van der Waals surface area (Å²) in [4.78, 5) is 16.7. The molecule has 1 fully saturated rings. The fourth-order valence-electron chi connectivity index (χ4n) is 3.17. The highest BCUT2D eigenvalue weighted by Crippen LogP contribution is 2.19. The van der Waals surface area contributed by atoms with Gasteiger partial charge in [-0.2, -0.15) is 0 Å². The molecular formula is C20H22ClF2N3O. The molecule has 27 heavy (non-hydrogen) atoms. The molecule has 1 amide bonds. The van der Waals surface area contributed by atoms with Crippen LogP contribution in [0.15, 0.2) is 42.5 Å². The standard InChI is InChI=1S/C20H22ClF2N3O/c1-14(20(27)24-19-17(22)3-2-4-18(19)23)26-11-9-25(10-12-26)13-15-5-7-16(21)8-6-15/h2-8,14H,9-13H2,1H3,(H,24,27). The van der Waals surface area contributed by atoms with Crippen LogP contribution in [0.5, 0.6) is 0 Å². The molecule has 1 saturated heterocycles. The molecule has 2 aromatic carbocycles. The van der Waals surface area contributed by atoms with Gasteiger partial charge in [0, 0.05) is 37.7 Å². The Kier molecular flexibility index (Phi) is 6.42. The van der Waals surface area contributed by atoms with Gasteiger partial charge in [-0.3, -0.25) is 14.6 Å². The van der Waals surface area contributed by atoms with Gasteiger partial charge >= 0.3 is 0 Å². The highest BCUT2D eigenvalue weighted by Gasteiger charge is 2.26. The summed E-state index contributed by atoms with van der Waals surface area (Å²) in [7, 11) is 0. The van der Waals surface area contributed by atoms with Gasteiger partial charge < -0.3 is 5.32 Å². The maximum Gasteiger partial charge on any atom is 0.241 e. The second kappa shape index (κ2) is 8.78. The first-order valence-electron chi connectivity index (χ1n) is 8.90. The predicted octanol–water partition coefficient (Wildman–Crippen LogP) is 3.76. The molecule has 3 rings (SSSR count). The summed E-state index contributed by atoms with van der Waals surface area (Å²) in [6, 6.07) is 10.8. The number of hydrogen-bond acceptors (Lipinski definition) is 3. The minimum atomic E-state index is -0.775. The van der Waals surface area contributed by atoms with Crippen LogP contribution in [0.2, 0.25) is 5.02 Å². The third-order valence-electron chi connectivity index (χ3n) is 4.86. The van der Waals surface area contributed by atoms with Crippen molar-refractivity contribution in [2.45, 2.75) is 19.5 Å². The molecule has 1 aliphatic heterocycles. The number of carbonyl (C=O) groups is 1. The van der Waals surface area contributed by atoms with Crippen molar-refractivity contribution in [3.8, 4) is 0 Å². The zero-order valence-corrected chi connectivity index (χ0v) is 15.8. The topological polar surface area (TPSA) is 35.6 Å². The van der Waals surface area contributed by atoms with Gasteiger partial charge in [-0.1, -0.05) is 29.8 Å². The summed E-state index contributed by atoms with van der Waals surface area (Å²) in [6.07, 6.45) is 0. The van der Waals surface area contributed by atoms with E-state index < -0.39 is 29.3 Å². The van der Waals surface area contributed by atoms with Crippen molar-refractivity contribution in [2.24, 2.45) is 0 Å². The molecule has 1 unspecified atom stereocenters. The van der Waals surface area contributed by atoms with Crippen molar-refractivity contribution in [1.29, 1.82) is 0 Å². The Labute approximate surface area is 162 Å². The average Bonchev–Trinajstić information content (AvgIpc) is 2.66. The van der Waals surface area contributed by atoms with E-state index in [0.29, 0.717) is 13.1 Å². The number of hydrogen-bond donors (Lipinski definition) is 1. The fourth-order valence-corrected chi connectivity index (χ4v) is 3.29. The van der Waals surface area contributed by atoms with E-state index in [0.717, 1.165) is 36.8 Å².